The summed E-state index contributed by atoms with van der Waals surface area (Å²) in [7, 11) is 0. The van der Waals surface area contributed by atoms with Crippen LogP contribution in [0.4, 0.5) is 5.69 Å². The molecular formula is C18H31IN4O3S. The number of hydrogen-bond acceptors (Lipinski definition) is 5. The summed E-state index contributed by atoms with van der Waals surface area (Å²) < 4.78 is 5.56. The lowest BCUT2D eigenvalue weighted by Gasteiger charge is -2.12. The minimum absolute atomic E-state index is 0. The molecule has 27 heavy (non-hydrogen) atoms. The highest BCUT2D eigenvalue weighted by Crippen LogP contribution is 2.12. The van der Waals surface area contributed by atoms with Crippen LogP contribution >= 0.6 is 35.7 Å². The number of unbranched alkanes of at least 4 members (excludes halogenated alkanes) is 1. The fourth-order valence-electron chi connectivity index (χ4n) is 2.07. The number of non-ortho nitro benzene ring substituents is 1. The van der Waals surface area contributed by atoms with Crippen LogP contribution in [0.15, 0.2) is 29.3 Å². The molecule has 9 heteroatoms. The fourth-order valence-corrected chi connectivity index (χ4v) is 2.37. The molecule has 154 valence electrons. The number of hydrogen-bond donors (Lipinski definition) is 2. The summed E-state index contributed by atoms with van der Waals surface area (Å²) in [4.78, 5) is 14.9. The van der Waals surface area contributed by atoms with Gasteiger partial charge in [0, 0.05) is 44.2 Å². The third-order valence-electron chi connectivity index (χ3n) is 3.57. The Morgan fingerprint density at radius 2 is 1.85 bits per heavy atom. The summed E-state index contributed by atoms with van der Waals surface area (Å²) >= 11 is 1.77. The normalized spacial score (nSPS) is 11.0. The van der Waals surface area contributed by atoms with Crippen molar-refractivity contribution in [3.8, 4) is 0 Å². The minimum Gasteiger partial charge on any atom is -0.381 e. The van der Waals surface area contributed by atoms with Crippen LogP contribution < -0.4 is 10.6 Å². The highest BCUT2D eigenvalue weighted by Gasteiger charge is 2.04. The van der Waals surface area contributed by atoms with Gasteiger partial charge >= 0.3 is 0 Å². The molecular weight excluding hydrogens is 479 g/mol. The third kappa shape index (κ3) is 12.9. The summed E-state index contributed by atoms with van der Waals surface area (Å²) in [5.74, 6) is 1.75. The largest absolute Gasteiger partial charge is 0.381 e. The molecule has 1 rings (SSSR count). The molecule has 0 atom stereocenters. The number of rotatable bonds is 13. The smallest absolute Gasteiger partial charge is 0.269 e. The Morgan fingerprint density at radius 1 is 1.19 bits per heavy atom. The van der Waals surface area contributed by atoms with Crippen molar-refractivity contribution in [3.63, 3.8) is 0 Å². The van der Waals surface area contributed by atoms with Gasteiger partial charge in [0.15, 0.2) is 5.96 Å². The van der Waals surface area contributed by atoms with Gasteiger partial charge in [-0.25, -0.2) is 4.99 Å². The number of nitro groups is 1. The summed E-state index contributed by atoms with van der Waals surface area (Å²) in [6.45, 7) is 5.81. The van der Waals surface area contributed by atoms with Crippen molar-refractivity contribution in [1.82, 2.24) is 10.6 Å². The highest BCUT2D eigenvalue weighted by atomic mass is 127. The number of halogens is 1. The first kappa shape index (κ1) is 25.9. The van der Waals surface area contributed by atoms with Gasteiger partial charge in [-0.1, -0.05) is 25.5 Å². The van der Waals surface area contributed by atoms with Crippen molar-refractivity contribution in [2.75, 3.05) is 38.3 Å². The summed E-state index contributed by atoms with van der Waals surface area (Å²) in [5, 5.41) is 17.3. The van der Waals surface area contributed by atoms with E-state index in [9.17, 15) is 10.1 Å². The standard InChI is InChI=1S/C18H30N4O3S.HI/c1-3-4-12-25-13-5-10-19-18(20-11-14-26-2)21-15-16-6-8-17(9-7-16)22(23)24;/h6-9H,3-5,10-15H2,1-2H3,(H2,19,20,21);1H. The number of aliphatic imine (C=N–C) groups is 1. The zero-order valence-electron chi connectivity index (χ0n) is 16.1. The topological polar surface area (TPSA) is 88.8 Å². The molecule has 0 spiro atoms. The number of nitrogens with one attached hydrogen (secondary N) is 2. The second-order valence-electron chi connectivity index (χ2n) is 5.75. The van der Waals surface area contributed by atoms with E-state index in [0.29, 0.717) is 6.54 Å². The summed E-state index contributed by atoms with van der Waals surface area (Å²) in [6, 6.07) is 6.49. The third-order valence-corrected chi connectivity index (χ3v) is 4.18. The molecule has 0 unspecified atom stereocenters. The van der Waals surface area contributed by atoms with Crippen molar-refractivity contribution in [2.45, 2.75) is 32.7 Å². The van der Waals surface area contributed by atoms with Gasteiger partial charge in [0.1, 0.15) is 0 Å². The Bertz CT molecular complexity index is 544. The van der Waals surface area contributed by atoms with Gasteiger partial charge < -0.3 is 15.4 Å². The van der Waals surface area contributed by atoms with Crippen LogP contribution in [0.3, 0.4) is 0 Å². The van der Waals surface area contributed by atoms with Crippen LogP contribution in [0, 0.1) is 10.1 Å². The molecule has 2 N–H and O–H groups in total. The van der Waals surface area contributed by atoms with Crippen molar-refractivity contribution in [2.24, 2.45) is 4.99 Å². The van der Waals surface area contributed by atoms with E-state index >= 15 is 0 Å². The van der Waals surface area contributed by atoms with Gasteiger partial charge in [-0.15, -0.1) is 24.0 Å². The zero-order chi connectivity index (χ0) is 19.0. The Labute approximate surface area is 183 Å². The predicted molar refractivity (Wildman–Crippen MR) is 124 cm³/mol. The Kier molecular flexibility index (Phi) is 16.4. The average Bonchev–Trinajstić information content (AvgIpc) is 2.65. The van der Waals surface area contributed by atoms with Crippen molar-refractivity contribution in [3.05, 3.63) is 39.9 Å². The molecule has 1 aromatic carbocycles. The first-order chi connectivity index (χ1) is 12.7. The van der Waals surface area contributed by atoms with Crippen LogP contribution in [-0.4, -0.2) is 49.2 Å². The van der Waals surface area contributed by atoms with Gasteiger partial charge in [-0.05, 0) is 24.7 Å². The van der Waals surface area contributed by atoms with Gasteiger partial charge in [0.25, 0.3) is 5.69 Å². The van der Waals surface area contributed by atoms with Crippen LogP contribution in [0.2, 0.25) is 0 Å². The summed E-state index contributed by atoms with van der Waals surface area (Å²) in [6.07, 6.45) is 5.24. The van der Waals surface area contributed by atoms with Gasteiger partial charge in [-0.2, -0.15) is 11.8 Å². The summed E-state index contributed by atoms with van der Waals surface area (Å²) in [5.41, 5.74) is 1.03. The first-order valence-corrected chi connectivity index (χ1v) is 10.4. The lowest BCUT2D eigenvalue weighted by Crippen LogP contribution is -2.39. The van der Waals surface area contributed by atoms with Crippen LogP contribution in [-0.2, 0) is 11.3 Å². The molecule has 7 nitrogen and oxygen atoms in total. The SMILES string of the molecule is CCCCOCCCNC(=NCc1ccc([N+](=O)[O-])cc1)NCCSC.I. The maximum Gasteiger partial charge on any atom is 0.269 e. The van der Waals surface area contributed by atoms with Crippen LogP contribution in [0.5, 0.6) is 0 Å². The molecule has 0 aliphatic carbocycles. The first-order valence-electron chi connectivity index (χ1n) is 8.99. The molecule has 0 aliphatic heterocycles. The van der Waals surface area contributed by atoms with E-state index in [1.54, 1.807) is 23.9 Å². The van der Waals surface area contributed by atoms with Gasteiger partial charge in [0.2, 0.25) is 0 Å². The molecule has 0 bridgehead atoms. The molecule has 0 saturated carbocycles. The Hall–Kier alpha value is -1.07. The van der Waals surface area contributed by atoms with Gasteiger partial charge in [0.05, 0.1) is 11.5 Å². The van der Waals surface area contributed by atoms with E-state index in [0.717, 1.165) is 62.8 Å². The molecule has 0 aliphatic rings. The quantitative estimate of drug-likeness (QED) is 0.105. The Morgan fingerprint density at radius 3 is 2.48 bits per heavy atom. The second kappa shape index (κ2) is 17.1. The van der Waals surface area contributed by atoms with E-state index in [-0.39, 0.29) is 29.7 Å². The molecule has 0 fully saturated rings. The molecule has 0 aromatic heterocycles. The maximum absolute atomic E-state index is 10.7. The average molecular weight is 510 g/mol. The van der Waals surface area contributed by atoms with E-state index in [4.69, 9.17) is 4.74 Å². The van der Waals surface area contributed by atoms with Crippen molar-refractivity contribution < 1.29 is 9.66 Å². The van der Waals surface area contributed by atoms with Gasteiger partial charge in [-0.3, -0.25) is 10.1 Å². The minimum atomic E-state index is -0.396. The van der Waals surface area contributed by atoms with Crippen molar-refractivity contribution >= 4 is 47.4 Å². The Balaban J connectivity index is 0.00000676. The van der Waals surface area contributed by atoms with E-state index < -0.39 is 4.92 Å². The van der Waals surface area contributed by atoms with E-state index in [2.05, 4.69) is 28.8 Å². The lowest BCUT2D eigenvalue weighted by molar-refractivity contribution is -0.384. The lowest BCUT2D eigenvalue weighted by atomic mass is 10.2. The van der Waals surface area contributed by atoms with Crippen LogP contribution in [0.25, 0.3) is 0 Å². The molecule has 0 radical (unpaired) electrons. The predicted octanol–water partition coefficient (Wildman–Crippen LogP) is 3.82. The number of ether oxygens (including phenoxy) is 1. The fraction of sp³-hybridized carbons (Fsp3) is 0.611. The molecule has 0 saturated heterocycles. The number of nitro benzene ring substituents is 1. The number of thioether (sulfide) groups is 1. The highest BCUT2D eigenvalue weighted by molar-refractivity contribution is 14.0. The number of benzene rings is 1. The maximum atomic E-state index is 10.7. The van der Waals surface area contributed by atoms with E-state index in [1.165, 1.54) is 12.1 Å². The van der Waals surface area contributed by atoms with E-state index in [1.807, 2.05) is 0 Å². The zero-order valence-corrected chi connectivity index (χ0v) is 19.3. The number of guanidine groups is 1. The monoisotopic (exact) mass is 510 g/mol. The molecule has 0 amide bonds. The molecule has 1 aromatic rings. The number of nitrogens with zero attached hydrogens (tertiary/aromatic N) is 2. The van der Waals surface area contributed by atoms with Crippen molar-refractivity contribution in [1.29, 1.82) is 0 Å². The van der Waals surface area contributed by atoms with Crippen LogP contribution in [0.1, 0.15) is 31.7 Å². The second-order valence-corrected chi connectivity index (χ2v) is 6.74. The molecule has 0 heterocycles.